The van der Waals surface area contributed by atoms with Gasteiger partial charge in [-0.25, -0.2) is 18.0 Å². The van der Waals surface area contributed by atoms with E-state index in [1.54, 1.807) is 24.3 Å². The Morgan fingerprint density at radius 1 is 0.906 bits per heavy atom. The Labute approximate surface area is 180 Å². The Kier molecular flexibility index (Phi) is 5.93. The lowest BCUT2D eigenvalue weighted by atomic mass is 10.1. The average molecular weight is 438 g/mol. The lowest BCUT2D eigenvalue weighted by molar-refractivity contribution is 0.206. The predicted molar refractivity (Wildman–Crippen MR) is 114 cm³/mol. The third-order valence-electron chi connectivity index (χ3n) is 4.86. The second-order valence-electron chi connectivity index (χ2n) is 7.12. The van der Waals surface area contributed by atoms with Crippen LogP contribution in [0.4, 0.5) is 23.7 Å². The van der Waals surface area contributed by atoms with Crippen molar-refractivity contribution < 1.29 is 22.4 Å². The van der Waals surface area contributed by atoms with E-state index in [0.717, 1.165) is 12.1 Å². The molecule has 0 saturated heterocycles. The molecule has 0 radical (unpaired) electrons. The van der Waals surface area contributed by atoms with Gasteiger partial charge in [-0.1, -0.05) is 24.3 Å². The molecule has 0 aliphatic heterocycles. The van der Waals surface area contributed by atoms with Crippen molar-refractivity contribution in [2.75, 3.05) is 5.32 Å². The summed E-state index contributed by atoms with van der Waals surface area (Å²) in [6.45, 7) is -0.152. The van der Waals surface area contributed by atoms with Gasteiger partial charge < -0.3 is 14.6 Å². The molecule has 1 N–H and O–H groups in total. The van der Waals surface area contributed by atoms with Crippen LogP contribution >= 0.6 is 0 Å². The van der Waals surface area contributed by atoms with Crippen LogP contribution in [0.3, 0.4) is 0 Å². The van der Waals surface area contributed by atoms with Gasteiger partial charge in [-0.3, -0.25) is 4.79 Å². The van der Waals surface area contributed by atoms with Crippen molar-refractivity contribution in [2.45, 2.75) is 13.1 Å². The van der Waals surface area contributed by atoms with E-state index < -0.39 is 23.5 Å². The fourth-order valence-electron chi connectivity index (χ4n) is 3.23. The normalized spacial score (nSPS) is 10.8. The first-order chi connectivity index (χ1) is 15.4. The highest BCUT2D eigenvalue weighted by molar-refractivity contribution is 5.89. The summed E-state index contributed by atoms with van der Waals surface area (Å²) in [5.74, 6) is -2.16. The summed E-state index contributed by atoms with van der Waals surface area (Å²) in [7, 11) is 0. The number of para-hydroxylation sites is 1. The van der Waals surface area contributed by atoms with E-state index in [1.165, 1.54) is 35.4 Å². The Hall–Kier alpha value is -4.07. The fourth-order valence-corrected chi connectivity index (χ4v) is 3.23. The molecular weight excluding hydrogens is 421 g/mol. The van der Waals surface area contributed by atoms with Gasteiger partial charge in [0, 0.05) is 12.6 Å². The van der Waals surface area contributed by atoms with E-state index in [4.69, 9.17) is 4.42 Å². The molecule has 3 aromatic carbocycles. The number of amides is 2. The summed E-state index contributed by atoms with van der Waals surface area (Å²) >= 11 is 0. The van der Waals surface area contributed by atoms with Gasteiger partial charge in [-0.15, -0.1) is 0 Å². The van der Waals surface area contributed by atoms with E-state index >= 15 is 0 Å². The maximum absolute atomic E-state index is 14.0. The van der Waals surface area contributed by atoms with Crippen LogP contribution in [0.15, 0.2) is 82.2 Å². The second kappa shape index (κ2) is 8.97. The van der Waals surface area contributed by atoms with E-state index in [-0.39, 0.29) is 29.8 Å². The van der Waals surface area contributed by atoms with Gasteiger partial charge in [-0.2, -0.15) is 0 Å². The number of nitrogens with zero attached hydrogens (tertiary/aromatic N) is 1. The van der Waals surface area contributed by atoms with Crippen LogP contribution in [-0.4, -0.2) is 10.9 Å². The van der Waals surface area contributed by atoms with Gasteiger partial charge in [0.05, 0.1) is 29.4 Å². The van der Waals surface area contributed by atoms with E-state index in [9.17, 15) is 22.8 Å². The highest BCUT2D eigenvalue weighted by Crippen LogP contribution is 2.18. The minimum absolute atomic E-state index is 0.00118. The quantitative estimate of drug-likeness (QED) is 0.451. The monoisotopic (exact) mass is 438 g/mol. The third-order valence-corrected chi connectivity index (χ3v) is 4.86. The van der Waals surface area contributed by atoms with Crippen LogP contribution < -0.4 is 10.7 Å². The zero-order valence-corrected chi connectivity index (χ0v) is 16.6. The molecule has 0 aliphatic rings. The predicted octanol–water partition coefficient (Wildman–Crippen LogP) is 5.44. The Morgan fingerprint density at radius 3 is 2.38 bits per heavy atom. The van der Waals surface area contributed by atoms with Gasteiger partial charge in [-0.05, 0) is 42.0 Å². The van der Waals surface area contributed by atoms with Gasteiger partial charge >= 0.3 is 6.03 Å². The summed E-state index contributed by atoms with van der Waals surface area (Å²) < 4.78 is 46.0. The van der Waals surface area contributed by atoms with Crippen molar-refractivity contribution in [2.24, 2.45) is 0 Å². The van der Waals surface area contributed by atoms with E-state index in [1.807, 2.05) is 0 Å². The third kappa shape index (κ3) is 4.64. The molecule has 0 atom stereocenters. The van der Waals surface area contributed by atoms with Crippen LogP contribution in [-0.2, 0) is 13.1 Å². The molecule has 4 aromatic rings. The summed E-state index contributed by atoms with van der Waals surface area (Å²) in [5.41, 5.74) is 0.679. The summed E-state index contributed by atoms with van der Waals surface area (Å²) in [6, 6.07) is 14.2. The number of carbonyl (C=O) groups is 1. The minimum Gasteiger partial charge on any atom is -0.464 e. The van der Waals surface area contributed by atoms with Gasteiger partial charge in [0.25, 0.3) is 0 Å². The lowest BCUT2D eigenvalue weighted by Gasteiger charge is -2.23. The molecule has 162 valence electrons. The van der Waals surface area contributed by atoms with Gasteiger partial charge in [0.1, 0.15) is 23.0 Å². The summed E-state index contributed by atoms with van der Waals surface area (Å²) in [4.78, 5) is 27.1. The maximum atomic E-state index is 14.0. The molecule has 0 saturated carbocycles. The number of benzene rings is 3. The number of hydrogen-bond acceptors (Lipinski definition) is 3. The first kappa shape index (κ1) is 21.2. The van der Waals surface area contributed by atoms with Crippen molar-refractivity contribution in [1.29, 1.82) is 0 Å². The van der Waals surface area contributed by atoms with E-state index in [2.05, 4.69) is 5.32 Å². The number of halogens is 3. The number of carbonyl (C=O) groups excluding carboxylic acids is 1. The SMILES string of the molecule is O=C(Nc1ccc(F)cc1F)N(Cc1ccc(F)cc1)Cc1coc2ccccc2c1=O. The molecule has 0 aliphatic carbocycles. The van der Waals surface area contributed by atoms with Crippen LogP contribution in [0, 0.1) is 17.5 Å². The van der Waals surface area contributed by atoms with Crippen LogP contribution in [0.1, 0.15) is 11.1 Å². The molecule has 4 rings (SSSR count). The number of fused-ring (bicyclic) bond motifs is 1. The topological polar surface area (TPSA) is 62.6 Å². The first-order valence-electron chi connectivity index (χ1n) is 9.65. The van der Waals surface area contributed by atoms with Crippen molar-refractivity contribution in [3.05, 3.63) is 112 Å². The highest BCUT2D eigenvalue weighted by atomic mass is 19.1. The fraction of sp³-hybridized carbons (Fsp3) is 0.0833. The molecule has 8 heteroatoms. The largest absolute Gasteiger partial charge is 0.464 e. The summed E-state index contributed by atoms with van der Waals surface area (Å²) in [5, 5.41) is 2.74. The number of nitrogens with one attached hydrogen (secondary N) is 1. The second-order valence-corrected chi connectivity index (χ2v) is 7.12. The van der Waals surface area contributed by atoms with Crippen molar-refractivity contribution in [1.82, 2.24) is 4.90 Å². The highest BCUT2D eigenvalue weighted by Gasteiger charge is 2.19. The van der Waals surface area contributed by atoms with E-state index in [0.29, 0.717) is 22.6 Å². The standard InChI is InChI=1S/C24H17F3N2O3/c25-17-7-5-15(6-8-17)12-29(24(31)28-21-10-9-18(26)11-20(21)27)13-16-14-32-22-4-2-1-3-19(22)23(16)30/h1-11,14H,12-13H2,(H,28,31). The molecule has 0 fully saturated rings. The van der Waals surface area contributed by atoms with Crippen molar-refractivity contribution in [3.8, 4) is 0 Å². The van der Waals surface area contributed by atoms with Crippen molar-refractivity contribution >= 4 is 22.7 Å². The Balaban J connectivity index is 1.65. The minimum atomic E-state index is -0.940. The Morgan fingerprint density at radius 2 is 1.62 bits per heavy atom. The first-order valence-corrected chi connectivity index (χ1v) is 9.65. The number of urea groups is 1. The average Bonchev–Trinajstić information content (AvgIpc) is 2.78. The molecular formula is C24H17F3N2O3. The Bertz CT molecular complexity index is 1340. The van der Waals surface area contributed by atoms with Crippen molar-refractivity contribution in [3.63, 3.8) is 0 Å². The van der Waals surface area contributed by atoms with Gasteiger partial charge in [0.2, 0.25) is 0 Å². The molecule has 0 bridgehead atoms. The van der Waals surface area contributed by atoms with Gasteiger partial charge in [0.15, 0.2) is 5.43 Å². The number of hydrogen-bond donors (Lipinski definition) is 1. The molecule has 0 spiro atoms. The number of rotatable bonds is 5. The number of anilines is 1. The lowest BCUT2D eigenvalue weighted by Crippen LogP contribution is -2.35. The summed E-state index contributed by atoms with van der Waals surface area (Å²) in [6.07, 6.45) is 1.27. The molecule has 5 nitrogen and oxygen atoms in total. The van der Waals surface area contributed by atoms with Crippen LogP contribution in [0.5, 0.6) is 0 Å². The zero-order valence-electron chi connectivity index (χ0n) is 16.6. The zero-order chi connectivity index (χ0) is 22.7. The van der Waals surface area contributed by atoms with Crippen LogP contribution in [0.2, 0.25) is 0 Å². The smallest absolute Gasteiger partial charge is 0.322 e. The molecule has 2 amide bonds. The maximum Gasteiger partial charge on any atom is 0.322 e. The molecule has 32 heavy (non-hydrogen) atoms. The molecule has 1 aromatic heterocycles. The molecule has 1 heterocycles. The van der Waals surface area contributed by atoms with Crippen LogP contribution in [0.25, 0.3) is 11.0 Å². The molecule has 0 unspecified atom stereocenters.